The quantitative estimate of drug-likeness (QED) is 0.743. The van der Waals surface area contributed by atoms with Crippen molar-refractivity contribution in [1.82, 2.24) is 4.98 Å². The highest BCUT2D eigenvalue weighted by Crippen LogP contribution is 2.31. The van der Waals surface area contributed by atoms with E-state index in [1.54, 1.807) is 6.20 Å². The van der Waals surface area contributed by atoms with Crippen molar-refractivity contribution < 1.29 is 0 Å². The van der Waals surface area contributed by atoms with Crippen LogP contribution < -0.4 is 5.73 Å². The van der Waals surface area contributed by atoms with Gasteiger partial charge in [-0.05, 0) is 47.8 Å². The molecule has 10 heavy (non-hydrogen) atoms. The van der Waals surface area contributed by atoms with Gasteiger partial charge in [0.1, 0.15) is 4.60 Å². The monoisotopic (exact) mass is 328 g/mol. The Labute approximate surface area is 83.6 Å². The molecule has 0 saturated carbocycles. The van der Waals surface area contributed by atoms with E-state index in [0.717, 1.165) is 8.95 Å². The summed E-state index contributed by atoms with van der Waals surface area (Å²) in [6.45, 7) is 0. The lowest BCUT2D eigenvalue weighted by Crippen LogP contribution is -1.90. The standard InChI is InChI=1S/C5H3Br3N2/c6-2-1-10-5(8)3(7)4(2)9/h1H,(H2,9,10). The normalized spacial score (nSPS) is 9.90. The second-order valence-electron chi connectivity index (χ2n) is 1.62. The van der Waals surface area contributed by atoms with Crippen molar-refractivity contribution >= 4 is 53.5 Å². The van der Waals surface area contributed by atoms with Gasteiger partial charge in [-0.15, -0.1) is 0 Å². The molecular weight excluding hydrogens is 328 g/mol. The van der Waals surface area contributed by atoms with Crippen molar-refractivity contribution in [3.63, 3.8) is 0 Å². The molecule has 0 saturated heterocycles. The average molecular weight is 331 g/mol. The number of aromatic nitrogens is 1. The number of hydrogen-bond donors (Lipinski definition) is 1. The molecule has 1 aromatic rings. The summed E-state index contributed by atoms with van der Waals surface area (Å²) in [5.74, 6) is 0. The predicted octanol–water partition coefficient (Wildman–Crippen LogP) is 2.95. The highest BCUT2D eigenvalue weighted by Gasteiger charge is 2.04. The van der Waals surface area contributed by atoms with E-state index in [9.17, 15) is 0 Å². The topological polar surface area (TPSA) is 38.9 Å². The summed E-state index contributed by atoms with van der Waals surface area (Å²) >= 11 is 9.73. The molecule has 0 radical (unpaired) electrons. The number of nitrogen functional groups attached to an aromatic ring is 1. The van der Waals surface area contributed by atoms with Gasteiger partial charge in [0.15, 0.2) is 0 Å². The second-order valence-corrected chi connectivity index (χ2v) is 4.02. The zero-order valence-electron chi connectivity index (χ0n) is 4.74. The van der Waals surface area contributed by atoms with Gasteiger partial charge in [0.05, 0.1) is 14.6 Å². The Morgan fingerprint density at radius 1 is 1.30 bits per heavy atom. The van der Waals surface area contributed by atoms with Crippen LogP contribution in [-0.2, 0) is 0 Å². The smallest absolute Gasteiger partial charge is 0.122 e. The molecule has 0 aliphatic heterocycles. The zero-order chi connectivity index (χ0) is 7.72. The van der Waals surface area contributed by atoms with Crippen LogP contribution in [0.4, 0.5) is 5.69 Å². The molecule has 2 N–H and O–H groups in total. The van der Waals surface area contributed by atoms with Crippen LogP contribution in [0.25, 0.3) is 0 Å². The Balaban J connectivity index is 3.34. The van der Waals surface area contributed by atoms with Gasteiger partial charge in [0.2, 0.25) is 0 Å². The number of nitrogens with zero attached hydrogens (tertiary/aromatic N) is 1. The van der Waals surface area contributed by atoms with Crippen molar-refractivity contribution in [2.45, 2.75) is 0 Å². The molecule has 0 aliphatic carbocycles. The molecule has 0 spiro atoms. The number of pyridine rings is 1. The molecule has 0 aliphatic rings. The molecule has 0 bridgehead atoms. The van der Waals surface area contributed by atoms with Crippen molar-refractivity contribution in [2.24, 2.45) is 0 Å². The Morgan fingerprint density at radius 2 is 1.90 bits per heavy atom. The molecule has 0 fully saturated rings. The fourth-order valence-corrected chi connectivity index (χ4v) is 1.65. The Hall–Kier alpha value is 0.390. The highest BCUT2D eigenvalue weighted by molar-refractivity contribution is 9.13. The minimum atomic E-state index is 0.655. The molecule has 1 heterocycles. The SMILES string of the molecule is Nc1c(Br)cnc(Br)c1Br. The van der Waals surface area contributed by atoms with Crippen LogP contribution in [0.15, 0.2) is 19.7 Å². The van der Waals surface area contributed by atoms with E-state index in [4.69, 9.17) is 5.73 Å². The number of rotatable bonds is 0. The highest BCUT2D eigenvalue weighted by atomic mass is 79.9. The maximum absolute atomic E-state index is 5.62. The molecule has 0 aromatic carbocycles. The maximum atomic E-state index is 5.62. The summed E-state index contributed by atoms with van der Waals surface area (Å²) in [5, 5.41) is 0. The van der Waals surface area contributed by atoms with Crippen molar-refractivity contribution in [3.05, 3.63) is 19.7 Å². The molecule has 0 atom stereocenters. The lowest BCUT2D eigenvalue weighted by molar-refractivity contribution is 1.24. The summed E-state index contributed by atoms with van der Waals surface area (Å²) in [4.78, 5) is 3.98. The van der Waals surface area contributed by atoms with Crippen molar-refractivity contribution in [1.29, 1.82) is 0 Å². The van der Waals surface area contributed by atoms with E-state index >= 15 is 0 Å². The van der Waals surface area contributed by atoms with Gasteiger partial charge < -0.3 is 5.73 Å². The molecule has 1 rings (SSSR count). The molecule has 5 heteroatoms. The van der Waals surface area contributed by atoms with Crippen molar-refractivity contribution in [2.75, 3.05) is 5.73 Å². The molecule has 1 aromatic heterocycles. The fraction of sp³-hybridized carbons (Fsp3) is 0. The van der Waals surface area contributed by atoms with Crippen molar-refractivity contribution in [3.8, 4) is 0 Å². The van der Waals surface area contributed by atoms with Crippen LogP contribution in [-0.4, -0.2) is 4.98 Å². The van der Waals surface area contributed by atoms with Crippen LogP contribution in [0.1, 0.15) is 0 Å². The van der Waals surface area contributed by atoms with E-state index in [1.807, 2.05) is 0 Å². The summed E-state index contributed by atoms with van der Waals surface area (Å²) < 4.78 is 2.29. The lowest BCUT2D eigenvalue weighted by atomic mass is 10.4. The Bertz CT molecular complexity index is 234. The maximum Gasteiger partial charge on any atom is 0.122 e. The molecule has 2 nitrogen and oxygen atoms in total. The molecule has 0 amide bonds. The molecule has 0 unspecified atom stereocenters. The third-order valence-corrected chi connectivity index (χ3v) is 3.53. The number of hydrogen-bond acceptors (Lipinski definition) is 2. The van der Waals surface area contributed by atoms with Crippen LogP contribution in [0.2, 0.25) is 0 Å². The van der Waals surface area contributed by atoms with E-state index < -0.39 is 0 Å². The first-order valence-corrected chi connectivity index (χ1v) is 4.76. The number of halogens is 3. The Kier molecular flexibility index (Phi) is 2.71. The largest absolute Gasteiger partial charge is 0.397 e. The minimum absolute atomic E-state index is 0.655. The number of anilines is 1. The third-order valence-electron chi connectivity index (χ3n) is 0.966. The minimum Gasteiger partial charge on any atom is -0.397 e. The van der Waals surface area contributed by atoms with Crippen LogP contribution in [0.5, 0.6) is 0 Å². The van der Waals surface area contributed by atoms with Gasteiger partial charge in [-0.3, -0.25) is 0 Å². The third kappa shape index (κ3) is 1.52. The van der Waals surface area contributed by atoms with Gasteiger partial charge in [0.25, 0.3) is 0 Å². The van der Waals surface area contributed by atoms with Gasteiger partial charge >= 0.3 is 0 Å². The van der Waals surface area contributed by atoms with E-state index in [1.165, 1.54) is 0 Å². The van der Waals surface area contributed by atoms with Crippen LogP contribution in [0, 0.1) is 0 Å². The molecule has 54 valence electrons. The van der Waals surface area contributed by atoms with Crippen LogP contribution >= 0.6 is 47.8 Å². The summed E-state index contributed by atoms with van der Waals surface area (Å²) in [5.41, 5.74) is 6.27. The first-order chi connectivity index (χ1) is 4.63. The average Bonchev–Trinajstić information content (AvgIpc) is 1.93. The van der Waals surface area contributed by atoms with E-state index in [0.29, 0.717) is 10.3 Å². The van der Waals surface area contributed by atoms with Gasteiger partial charge in [-0.2, -0.15) is 0 Å². The van der Waals surface area contributed by atoms with E-state index in [2.05, 4.69) is 52.8 Å². The second kappa shape index (κ2) is 3.19. The van der Waals surface area contributed by atoms with Gasteiger partial charge in [-0.25, -0.2) is 4.98 Å². The number of nitrogens with two attached hydrogens (primary N) is 1. The first kappa shape index (κ1) is 8.49. The van der Waals surface area contributed by atoms with Gasteiger partial charge in [-0.1, -0.05) is 0 Å². The summed E-state index contributed by atoms with van der Waals surface area (Å²) in [6.07, 6.45) is 1.64. The summed E-state index contributed by atoms with van der Waals surface area (Å²) in [7, 11) is 0. The predicted molar refractivity (Wildman–Crippen MR) is 51.7 cm³/mol. The van der Waals surface area contributed by atoms with Gasteiger partial charge in [0, 0.05) is 6.20 Å². The van der Waals surface area contributed by atoms with E-state index in [-0.39, 0.29) is 0 Å². The zero-order valence-corrected chi connectivity index (χ0v) is 9.49. The summed E-state index contributed by atoms with van der Waals surface area (Å²) in [6, 6.07) is 0. The first-order valence-electron chi connectivity index (χ1n) is 2.38. The fourth-order valence-electron chi connectivity index (χ4n) is 0.456. The Morgan fingerprint density at radius 3 is 2.40 bits per heavy atom. The van der Waals surface area contributed by atoms with Crippen LogP contribution in [0.3, 0.4) is 0 Å². The molecular formula is C5H3Br3N2. The lowest BCUT2D eigenvalue weighted by Gasteiger charge is -2.00.